The highest BCUT2D eigenvalue weighted by molar-refractivity contribution is 5.97. The molecule has 2 aliphatic rings. The molecule has 11 nitrogen and oxygen atoms in total. The van der Waals surface area contributed by atoms with Crippen molar-refractivity contribution in [3.63, 3.8) is 0 Å². The number of allylic oxidation sites excluding steroid dienone is 4. The van der Waals surface area contributed by atoms with Crippen molar-refractivity contribution >= 4 is 28.0 Å². The van der Waals surface area contributed by atoms with Crippen molar-refractivity contribution in [1.82, 2.24) is 15.1 Å². The Bertz CT molecular complexity index is 1990. The molecule has 1 aromatic heterocycles. The molecule has 1 amide bonds. The van der Waals surface area contributed by atoms with E-state index in [1.165, 1.54) is 12.8 Å². The van der Waals surface area contributed by atoms with Crippen molar-refractivity contribution in [3.05, 3.63) is 62.3 Å². The van der Waals surface area contributed by atoms with E-state index in [0.717, 1.165) is 94.9 Å². The highest BCUT2D eigenvalue weighted by atomic mass is 16.6. The summed E-state index contributed by atoms with van der Waals surface area (Å²) in [6.45, 7) is 22.6. The number of aliphatic hydroxyl groups excluding tert-OH is 1. The number of nitrogens with one attached hydrogen (secondary N) is 1. The summed E-state index contributed by atoms with van der Waals surface area (Å²) in [7, 11) is 0. The summed E-state index contributed by atoms with van der Waals surface area (Å²) in [4.78, 5) is 31.7. The number of carbonyl (C=O) groups is 1. The normalized spacial score (nSPS) is 16.0. The number of likely N-dealkylation sites (tertiary alicyclic amines) is 2. The van der Waals surface area contributed by atoms with Crippen LogP contribution in [-0.2, 0) is 24.2 Å². The van der Waals surface area contributed by atoms with Crippen LogP contribution in [0, 0.1) is 5.92 Å². The summed E-state index contributed by atoms with van der Waals surface area (Å²) in [6, 6.07) is 3.58. The fourth-order valence-corrected chi connectivity index (χ4v) is 8.03. The zero-order chi connectivity index (χ0) is 42.7. The van der Waals surface area contributed by atoms with Crippen molar-refractivity contribution in [3.8, 4) is 17.2 Å². The molecule has 11 heteroatoms. The van der Waals surface area contributed by atoms with Gasteiger partial charge in [0.1, 0.15) is 39.4 Å². The van der Waals surface area contributed by atoms with Gasteiger partial charge in [0.2, 0.25) is 5.43 Å². The van der Waals surface area contributed by atoms with Crippen LogP contribution in [0.25, 0.3) is 21.9 Å². The van der Waals surface area contributed by atoms with Crippen LogP contribution in [0.15, 0.2) is 44.6 Å². The number of aromatic hydroxyl groups is 1. The Balaban J connectivity index is 1.33. The fraction of sp³-hybridized carbons (Fsp3) is 0.625. The number of hydrogen-bond donors (Lipinski definition) is 3. The van der Waals surface area contributed by atoms with E-state index in [2.05, 4.69) is 22.0 Å². The van der Waals surface area contributed by atoms with E-state index in [9.17, 15) is 19.8 Å². The molecule has 0 atom stereocenters. The van der Waals surface area contributed by atoms with Crippen LogP contribution in [-0.4, -0.2) is 90.2 Å². The molecular formula is C48H71N3O8. The first-order chi connectivity index (χ1) is 28.1. The standard InChI is InChI=1S/C48H71N3O8/c1-32(2)13-15-36-38(31-52)40(57-28-12-9-21-50-23-17-34(5)18-24-50)30-41-43(36)46(54)44-42(58-41)29-39(37(45(44)53)16-14-33(3)4)56-27-11-10-22-51-25-19-35(20-26-51)49-47(55)59-48(6,7)8/h13-14,29-30,34-35,52-53H,9-12,15-28,31H2,1-8H3,(H,49,55). The van der Waals surface area contributed by atoms with E-state index in [-0.39, 0.29) is 40.9 Å². The zero-order valence-corrected chi connectivity index (χ0v) is 37.1. The second-order valence-corrected chi connectivity index (χ2v) is 18.2. The minimum Gasteiger partial charge on any atom is -0.507 e. The Morgan fingerprint density at radius 1 is 0.797 bits per heavy atom. The number of aliphatic hydroxyl groups is 1. The first kappa shape index (κ1) is 46.0. The molecule has 59 heavy (non-hydrogen) atoms. The van der Waals surface area contributed by atoms with Crippen LogP contribution in [0.4, 0.5) is 4.79 Å². The Morgan fingerprint density at radius 3 is 1.83 bits per heavy atom. The Kier molecular flexibility index (Phi) is 16.7. The minimum absolute atomic E-state index is 0.106. The number of benzene rings is 2. The van der Waals surface area contributed by atoms with Crippen LogP contribution in [0.3, 0.4) is 0 Å². The minimum atomic E-state index is -0.516. The number of carbonyl (C=O) groups excluding carboxylic acids is 1. The van der Waals surface area contributed by atoms with Crippen molar-refractivity contribution in [1.29, 1.82) is 0 Å². The number of hydrogen-bond acceptors (Lipinski definition) is 10. The molecule has 0 bridgehead atoms. The van der Waals surface area contributed by atoms with Gasteiger partial charge in [0.15, 0.2) is 0 Å². The Morgan fingerprint density at radius 2 is 1.31 bits per heavy atom. The first-order valence-corrected chi connectivity index (χ1v) is 22.0. The van der Waals surface area contributed by atoms with Gasteiger partial charge >= 0.3 is 6.09 Å². The molecule has 2 aliphatic heterocycles. The lowest BCUT2D eigenvalue weighted by molar-refractivity contribution is 0.0478. The maximum atomic E-state index is 14.5. The summed E-state index contributed by atoms with van der Waals surface area (Å²) < 4.78 is 24.7. The molecule has 3 N–H and O–H groups in total. The lowest BCUT2D eigenvalue weighted by Gasteiger charge is -2.32. The van der Waals surface area contributed by atoms with Crippen LogP contribution in [0.2, 0.25) is 0 Å². The molecule has 2 aromatic carbocycles. The average molecular weight is 818 g/mol. The molecule has 0 spiro atoms. The molecule has 5 rings (SSSR count). The van der Waals surface area contributed by atoms with Crippen molar-refractivity contribution in [2.75, 3.05) is 52.5 Å². The maximum absolute atomic E-state index is 14.5. The van der Waals surface area contributed by atoms with Crippen molar-refractivity contribution < 1.29 is 33.6 Å². The number of alkyl carbamates (subject to hydrolysis) is 1. The van der Waals surface area contributed by atoms with Gasteiger partial charge in [0.05, 0.1) is 25.2 Å². The van der Waals surface area contributed by atoms with E-state index < -0.39 is 5.60 Å². The van der Waals surface area contributed by atoms with Gasteiger partial charge in [-0.1, -0.05) is 30.2 Å². The monoisotopic (exact) mass is 818 g/mol. The van der Waals surface area contributed by atoms with Gasteiger partial charge in [0.25, 0.3) is 0 Å². The number of ether oxygens (including phenoxy) is 3. The van der Waals surface area contributed by atoms with Gasteiger partial charge < -0.3 is 44.0 Å². The zero-order valence-electron chi connectivity index (χ0n) is 37.1. The van der Waals surface area contributed by atoms with Crippen LogP contribution in [0.5, 0.6) is 17.2 Å². The van der Waals surface area contributed by atoms with E-state index in [4.69, 9.17) is 18.6 Å². The van der Waals surface area contributed by atoms with Gasteiger partial charge in [-0.05, 0) is 150 Å². The van der Waals surface area contributed by atoms with Crippen molar-refractivity contribution in [2.45, 2.75) is 138 Å². The highest BCUT2D eigenvalue weighted by Gasteiger charge is 2.26. The van der Waals surface area contributed by atoms with Crippen molar-refractivity contribution in [2.24, 2.45) is 5.92 Å². The Hall–Kier alpha value is -4.06. The second kappa shape index (κ2) is 21.5. The number of piperidine rings is 2. The summed E-state index contributed by atoms with van der Waals surface area (Å²) in [5, 5.41) is 26.0. The molecule has 326 valence electrons. The molecule has 3 aromatic rings. The number of phenolic OH excluding ortho intramolecular Hbond substituents is 1. The molecule has 0 unspecified atom stereocenters. The number of nitrogens with zero attached hydrogens (tertiary/aromatic N) is 2. The average Bonchev–Trinajstić information content (AvgIpc) is 3.16. The lowest BCUT2D eigenvalue weighted by Crippen LogP contribution is -2.46. The SMILES string of the molecule is CC(C)=CCc1c(OCCCCN2CCC(NC(=O)OC(C)(C)C)CC2)cc2oc3cc(OCCCCN4CCC(C)CC4)c(CO)c(CC=C(C)C)c3c(=O)c2c1O. The summed E-state index contributed by atoms with van der Waals surface area (Å²) >= 11 is 0. The van der Waals surface area contributed by atoms with Gasteiger partial charge in [0, 0.05) is 42.4 Å². The largest absolute Gasteiger partial charge is 0.507 e. The van der Waals surface area contributed by atoms with Crippen LogP contribution >= 0.6 is 0 Å². The first-order valence-electron chi connectivity index (χ1n) is 22.0. The topological polar surface area (TPSA) is 134 Å². The summed E-state index contributed by atoms with van der Waals surface area (Å²) in [5.41, 5.74) is 3.64. The predicted octanol–water partition coefficient (Wildman–Crippen LogP) is 9.20. The lowest BCUT2D eigenvalue weighted by atomic mass is 9.95. The van der Waals surface area contributed by atoms with Gasteiger partial charge in [-0.15, -0.1) is 0 Å². The summed E-state index contributed by atoms with van der Waals surface area (Å²) in [5.74, 6) is 1.66. The molecule has 0 radical (unpaired) electrons. The van der Waals surface area contributed by atoms with Gasteiger partial charge in [-0.25, -0.2) is 4.79 Å². The molecule has 2 saturated heterocycles. The Labute approximate surface area is 351 Å². The molecule has 0 aliphatic carbocycles. The van der Waals surface area contributed by atoms with Crippen LogP contribution in [0.1, 0.15) is 123 Å². The fourth-order valence-electron chi connectivity index (χ4n) is 8.03. The number of unbranched alkanes of at least 4 members (excludes halogenated alkanes) is 2. The number of rotatable bonds is 18. The molecule has 0 saturated carbocycles. The van der Waals surface area contributed by atoms with E-state index in [0.29, 0.717) is 65.2 Å². The van der Waals surface area contributed by atoms with Gasteiger partial charge in [-0.2, -0.15) is 0 Å². The van der Waals surface area contributed by atoms with Gasteiger partial charge in [-0.3, -0.25) is 4.79 Å². The molecular weight excluding hydrogens is 747 g/mol. The molecule has 2 fully saturated rings. The third-order valence-electron chi connectivity index (χ3n) is 11.5. The van der Waals surface area contributed by atoms with E-state index in [1.807, 2.05) is 60.6 Å². The third-order valence-corrected chi connectivity index (χ3v) is 11.5. The maximum Gasteiger partial charge on any atom is 0.407 e. The summed E-state index contributed by atoms with van der Waals surface area (Å²) in [6.07, 6.45) is 12.4. The quantitative estimate of drug-likeness (QED) is 0.0648. The van der Waals surface area contributed by atoms with Crippen LogP contribution < -0.4 is 20.2 Å². The predicted molar refractivity (Wildman–Crippen MR) is 237 cm³/mol. The smallest absolute Gasteiger partial charge is 0.407 e. The number of phenols is 1. The van der Waals surface area contributed by atoms with E-state index >= 15 is 0 Å². The second-order valence-electron chi connectivity index (χ2n) is 18.2. The van der Waals surface area contributed by atoms with E-state index in [1.54, 1.807) is 12.1 Å². The number of amides is 1. The third kappa shape index (κ3) is 13.2. The highest BCUT2D eigenvalue weighted by Crippen LogP contribution is 2.39. The molecule has 3 heterocycles. The number of fused-ring (bicyclic) bond motifs is 2.